The first kappa shape index (κ1) is 14.1. The molecule has 112 valence electrons. The van der Waals surface area contributed by atoms with Gasteiger partial charge in [-0.1, -0.05) is 13.0 Å². The number of carboxylic acid groups (broad SMARTS) is 1. The summed E-state index contributed by atoms with van der Waals surface area (Å²) in [6, 6.07) is 5.79. The van der Waals surface area contributed by atoms with Crippen molar-refractivity contribution >= 4 is 17.0 Å². The van der Waals surface area contributed by atoms with Crippen LogP contribution in [-0.2, 0) is 6.54 Å². The summed E-state index contributed by atoms with van der Waals surface area (Å²) in [5.74, 6) is 0.00201. The average molecular weight is 287 g/mol. The van der Waals surface area contributed by atoms with E-state index in [1.54, 1.807) is 12.1 Å². The van der Waals surface area contributed by atoms with Gasteiger partial charge in [0.25, 0.3) is 0 Å². The first-order valence-corrected chi connectivity index (χ1v) is 7.55. The maximum atomic E-state index is 11.5. The number of aryl methyl sites for hydroxylation is 1. The monoisotopic (exact) mass is 287 g/mol. The summed E-state index contributed by atoms with van der Waals surface area (Å²) in [7, 11) is 0. The highest BCUT2D eigenvalue weighted by Crippen LogP contribution is 2.24. The van der Waals surface area contributed by atoms with Crippen LogP contribution in [0.2, 0.25) is 0 Å². The van der Waals surface area contributed by atoms with Gasteiger partial charge < -0.3 is 9.67 Å². The van der Waals surface area contributed by atoms with E-state index in [1.165, 1.54) is 12.8 Å². The smallest absolute Gasteiger partial charge is 0.337 e. The van der Waals surface area contributed by atoms with Crippen molar-refractivity contribution in [1.29, 1.82) is 0 Å². The number of hydrogen-bond donors (Lipinski definition) is 1. The van der Waals surface area contributed by atoms with Gasteiger partial charge in [0, 0.05) is 12.6 Å². The topological polar surface area (TPSA) is 58.4 Å². The van der Waals surface area contributed by atoms with E-state index in [0.717, 1.165) is 36.5 Å². The Morgan fingerprint density at radius 2 is 2.29 bits per heavy atom. The van der Waals surface area contributed by atoms with Crippen LogP contribution in [-0.4, -0.2) is 44.7 Å². The Kier molecular flexibility index (Phi) is 3.68. The maximum Gasteiger partial charge on any atom is 0.337 e. The van der Waals surface area contributed by atoms with Gasteiger partial charge in [0.1, 0.15) is 5.82 Å². The first-order chi connectivity index (χ1) is 10.1. The summed E-state index contributed by atoms with van der Waals surface area (Å²) in [5.41, 5.74) is 1.87. The second-order valence-corrected chi connectivity index (χ2v) is 5.67. The normalized spacial score (nSPS) is 19.4. The number of aromatic nitrogens is 2. The molecular formula is C16H21N3O2. The molecule has 21 heavy (non-hydrogen) atoms. The number of imidazole rings is 1. The molecule has 5 heteroatoms. The number of carboxylic acids is 1. The van der Waals surface area contributed by atoms with Crippen LogP contribution in [0.3, 0.4) is 0 Å². The van der Waals surface area contributed by atoms with Gasteiger partial charge in [-0.3, -0.25) is 4.90 Å². The van der Waals surface area contributed by atoms with E-state index in [2.05, 4.69) is 21.4 Å². The summed E-state index contributed by atoms with van der Waals surface area (Å²) in [6.45, 7) is 7.14. The van der Waals surface area contributed by atoms with Gasteiger partial charge in [-0.25, -0.2) is 9.78 Å². The number of benzene rings is 1. The molecule has 1 N–H and O–H groups in total. The zero-order valence-corrected chi connectivity index (χ0v) is 12.5. The quantitative estimate of drug-likeness (QED) is 0.938. The van der Waals surface area contributed by atoms with Gasteiger partial charge in [0.15, 0.2) is 0 Å². The first-order valence-electron chi connectivity index (χ1n) is 7.55. The Morgan fingerprint density at radius 3 is 3.00 bits per heavy atom. The Morgan fingerprint density at radius 1 is 1.48 bits per heavy atom. The lowest BCUT2D eigenvalue weighted by molar-refractivity contribution is 0.0698. The van der Waals surface area contributed by atoms with Crippen LogP contribution in [0.15, 0.2) is 18.2 Å². The van der Waals surface area contributed by atoms with E-state index in [9.17, 15) is 9.90 Å². The van der Waals surface area contributed by atoms with E-state index in [4.69, 9.17) is 0 Å². The summed E-state index contributed by atoms with van der Waals surface area (Å²) < 4.78 is 2.08. The van der Waals surface area contributed by atoms with E-state index in [1.807, 2.05) is 13.0 Å². The van der Waals surface area contributed by atoms with Crippen LogP contribution in [0.1, 0.15) is 35.9 Å². The zero-order valence-electron chi connectivity index (χ0n) is 12.5. The van der Waals surface area contributed by atoms with Gasteiger partial charge in [-0.05, 0) is 45.0 Å². The molecular weight excluding hydrogens is 266 g/mol. The summed E-state index contributed by atoms with van der Waals surface area (Å²) in [6.07, 6.45) is 2.39. The predicted octanol–water partition coefficient (Wildman–Crippen LogP) is 2.53. The minimum Gasteiger partial charge on any atom is -0.478 e. The molecule has 0 bridgehead atoms. The number of likely N-dealkylation sites (tertiary alicyclic amines) is 1. The molecule has 5 nitrogen and oxygen atoms in total. The molecule has 1 aliphatic heterocycles. The van der Waals surface area contributed by atoms with E-state index in [0.29, 0.717) is 11.6 Å². The Bertz CT molecular complexity index is 677. The third kappa shape index (κ3) is 2.42. The molecule has 0 saturated carbocycles. The Hall–Kier alpha value is -1.88. The number of carbonyl (C=O) groups is 1. The van der Waals surface area contributed by atoms with Crippen molar-refractivity contribution in [3.63, 3.8) is 0 Å². The van der Waals surface area contributed by atoms with Gasteiger partial charge in [-0.2, -0.15) is 0 Å². The van der Waals surface area contributed by atoms with Gasteiger partial charge >= 0.3 is 5.97 Å². The molecule has 1 aromatic carbocycles. The van der Waals surface area contributed by atoms with Crippen molar-refractivity contribution in [2.75, 3.05) is 13.1 Å². The molecule has 0 aliphatic carbocycles. The lowest BCUT2D eigenvalue weighted by Crippen LogP contribution is -2.33. The highest BCUT2D eigenvalue weighted by Gasteiger charge is 2.25. The molecule has 1 fully saturated rings. The molecule has 1 atom stereocenters. The SMILES string of the molecule is CCN1CCCC1Cn1c(C)nc2cccc(C(=O)O)c21. The number of para-hydroxylation sites is 1. The molecule has 2 heterocycles. The van der Waals surface area contributed by atoms with Crippen LogP contribution in [0.25, 0.3) is 11.0 Å². The van der Waals surface area contributed by atoms with Gasteiger partial charge in [0.05, 0.1) is 16.6 Å². The lowest BCUT2D eigenvalue weighted by atomic mass is 10.1. The zero-order chi connectivity index (χ0) is 15.0. The number of rotatable bonds is 4. The van der Waals surface area contributed by atoms with E-state index in [-0.39, 0.29) is 0 Å². The second-order valence-electron chi connectivity index (χ2n) is 5.67. The third-order valence-corrected chi connectivity index (χ3v) is 4.49. The highest BCUT2D eigenvalue weighted by molar-refractivity contribution is 6.01. The number of nitrogens with zero attached hydrogens (tertiary/aromatic N) is 3. The predicted molar refractivity (Wildman–Crippen MR) is 81.7 cm³/mol. The summed E-state index contributed by atoms with van der Waals surface area (Å²) in [4.78, 5) is 18.5. The van der Waals surface area contributed by atoms with Crippen LogP contribution in [0, 0.1) is 6.92 Å². The molecule has 1 aliphatic rings. The maximum absolute atomic E-state index is 11.5. The molecule has 0 amide bonds. The van der Waals surface area contributed by atoms with Crippen LogP contribution >= 0.6 is 0 Å². The highest BCUT2D eigenvalue weighted by atomic mass is 16.4. The third-order valence-electron chi connectivity index (χ3n) is 4.49. The minimum atomic E-state index is -0.888. The van der Waals surface area contributed by atoms with Crippen molar-refractivity contribution in [2.45, 2.75) is 39.3 Å². The Balaban J connectivity index is 2.05. The summed E-state index contributed by atoms with van der Waals surface area (Å²) >= 11 is 0. The van der Waals surface area contributed by atoms with E-state index >= 15 is 0 Å². The number of likely N-dealkylation sites (N-methyl/N-ethyl adjacent to an activating group) is 1. The lowest BCUT2D eigenvalue weighted by Gasteiger charge is -2.24. The van der Waals surface area contributed by atoms with Crippen LogP contribution in [0.5, 0.6) is 0 Å². The standard InChI is InChI=1S/C16H21N3O2/c1-3-18-9-5-6-12(18)10-19-11(2)17-14-8-4-7-13(15(14)19)16(20)21/h4,7-8,12H,3,5-6,9-10H2,1-2H3,(H,20,21). The number of hydrogen-bond acceptors (Lipinski definition) is 3. The van der Waals surface area contributed by atoms with E-state index < -0.39 is 5.97 Å². The van der Waals surface area contributed by atoms with Crippen molar-refractivity contribution in [2.24, 2.45) is 0 Å². The average Bonchev–Trinajstić information content (AvgIpc) is 3.03. The molecule has 3 rings (SSSR count). The van der Waals surface area contributed by atoms with Gasteiger partial charge in [-0.15, -0.1) is 0 Å². The largest absolute Gasteiger partial charge is 0.478 e. The molecule has 1 saturated heterocycles. The van der Waals surface area contributed by atoms with Crippen LogP contribution in [0.4, 0.5) is 0 Å². The van der Waals surface area contributed by atoms with Crippen molar-refractivity contribution in [1.82, 2.24) is 14.5 Å². The Labute approximate surface area is 124 Å². The fourth-order valence-corrected chi connectivity index (χ4v) is 3.43. The van der Waals surface area contributed by atoms with Crippen molar-refractivity contribution in [3.05, 3.63) is 29.6 Å². The minimum absolute atomic E-state index is 0.342. The number of aromatic carboxylic acids is 1. The molecule has 0 spiro atoms. The van der Waals surface area contributed by atoms with Crippen molar-refractivity contribution < 1.29 is 9.90 Å². The molecule has 2 aromatic rings. The number of fused-ring (bicyclic) bond motifs is 1. The van der Waals surface area contributed by atoms with Gasteiger partial charge in [0.2, 0.25) is 0 Å². The fourth-order valence-electron chi connectivity index (χ4n) is 3.43. The van der Waals surface area contributed by atoms with Crippen LogP contribution < -0.4 is 0 Å². The molecule has 1 aromatic heterocycles. The molecule has 1 unspecified atom stereocenters. The van der Waals surface area contributed by atoms with Crippen molar-refractivity contribution in [3.8, 4) is 0 Å². The summed E-state index contributed by atoms with van der Waals surface area (Å²) in [5, 5.41) is 9.42. The fraction of sp³-hybridized carbons (Fsp3) is 0.500. The second kappa shape index (κ2) is 5.48. The molecule has 0 radical (unpaired) electrons.